The van der Waals surface area contributed by atoms with Crippen LogP contribution in [0.4, 0.5) is 0 Å². The van der Waals surface area contributed by atoms with E-state index < -0.39 is 71.9 Å². The Kier molecular flexibility index (Phi) is 17.5. The lowest BCUT2D eigenvalue weighted by atomic mass is 10.1. The number of nitrogens with zero attached hydrogens (tertiary/aromatic N) is 7. The molecule has 8 rings (SSSR count). The van der Waals surface area contributed by atoms with Gasteiger partial charge in [-0.25, -0.2) is 34.9 Å². The van der Waals surface area contributed by atoms with E-state index in [0.29, 0.717) is 53.4 Å². The van der Waals surface area contributed by atoms with Crippen molar-refractivity contribution in [2.24, 2.45) is 5.92 Å². The van der Waals surface area contributed by atoms with Crippen LogP contribution in [0.25, 0.3) is 49.1 Å². The number of carbonyl (C=O) groups excluding carboxylic acids is 6. The van der Waals surface area contributed by atoms with Gasteiger partial charge in [0.15, 0.2) is 0 Å². The molecule has 7 aromatic rings. The van der Waals surface area contributed by atoms with Gasteiger partial charge in [0.25, 0.3) is 29.5 Å². The minimum absolute atomic E-state index is 0.00119. The third kappa shape index (κ3) is 12.5. The van der Waals surface area contributed by atoms with Gasteiger partial charge in [0.2, 0.25) is 5.91 Å². The third-order valence-electron chi connectivity index (χ3n) is 11.2. The molecule has 8 heterocycles. The lowest BCUT2D eigenvalue weighted by Crippen LogP contribution is -2.52. The zero-order chi connectivity index (χ0) is 54.5. The number of aromatic nitrogens is 7. The fraction of sp³-hybridized carbons (Fsp3) is 0.312. The van der Waals surface area contributed by atoms with Crippen LogP contribution in [0.5, 0.6) is 0 Å². The van der Waals surface area contributed by atoms with Crippen LogP contribution >= 0.6 is 68.0 Å². The molecule has 1 aliphatic rings. The molecule has 8 bridgehead atoms. The summed E-state index contributed by atoms with van der Waals surface area (Å²) in [5.74, 6) is -4.00. The third-order valence-corrected chi connectivity index (χ3v) is 16.6. The highest BCUT2D eigenvalue weighted by Gasteiger charge is 2.32. The molecule has 1 aliphatic heterocycles. The first-order valence-electron chi connectivity index (χ1n) is 23.3. The second kappa shape index (κ2) is 24.0. The zero-order valence-electron chi connectivity index (χ0n) is 41.4. The number of allylic oxidation sites excluding steroid dienone is 2. The molecule has 76 heavy (non-hydrogen) atoms. The van der Waals surface area contributed by atoms with Crippen LogP contribution in [0.1, 0.15) is 118 Å². The highest BCUT2D eigenvalue weighted by molar-refractivity contribution is 7.15. The van der Waals surface area contributed by atoms with E-state index in [1.54, 1.807) is 48.2 Å². The van der Waals surface area contributed by atoms with Gasteiger partial charge in [0.1, 0.15) is 87.7 Å². The molecule has 0 aliphatic carbocycles. The molecule has 0 spiro atoms. The molecule has 22 nitrogen and oxygen atoms in total. The predicted molar refractivity (Wildman–Crippen MR) is 290 cm³/mol. The van der Waals surface area contributed by atoms with Gasteiger partial charge in [-0.05, 0) is 52.7 Å². The molecule has 396 valence electrons. The van der Waals surface area contributed by atoms with E-state index in [2.05, 4.69) is 51.8 Å². The summed E-state index contributed by atoms with van der Waals surface area (Å²) in [5.41, 5.74) is 2.26. The van der Waals surface area contributed by atoms with Gasteiger partial charge in [-0.2, -0.15) is 0 Å². The first-order valence-corrected chi connectivity index (χ1v) is 28.6. The topological polar surface area (TPSA) is 326 Å². The molecule has 0 saturated carbocycles. The fourth-order valence-electron chi connectivity index (χ4n) is 7.20. The summed E-state index contributed by atoms with van der Waals surface area (Å²) in [6, 6.07) is 0.366. The Bertz CT molecular complexity index is 3380. The van der Waals surface area contributed by atoms with E-state index in [1.165, 1.54) is 77.0 Å². The molecule has 7 aromatic heterocycles. The zero-order valence-corrected chi connectivity index (χ0v) is 46.3. The van der Waals surface area contributed by atoms with Gasteiger partial charge in [-0.3, -0.25) is 28.8 Å². The van der Waals surface area contributed by atoms with Gasteiger partial charge in [0.05, 0.1) is 35.7 Å². The lowest BCUT2D eigenvalue weighted by Gasteiger charge is -2.21. The summed E-state index contributed by atoms with van der Waals surface area (Å²) in [7, 11) is 0. The lowest BCUT2D eigenvalue weighted by molar-refractivity contribution is -0.124. The Morgan fingerprint density at radius 1 is 0.605 bits per heavy atom. The number of hydrogen-bond acceptors (Lipinski definition) is 22. The van der Waals surface area contributed by atoms with Crippen molar-refractivity contribution in [3.8, 4) is 43.4 Å². The summed E-state index contributed by atoms with van der Waals surface area (Å²) < 4.78 is 0. The van der Waals surface area contributed by atoms with Crippen molar-refractivity contribution in [1.82, 2.24) is 66.8 Å². The Morgan fingerprint density at radius 2 is 1.13 bits per heavy atom. The van der Waals surface area contributed by atoms with Crippen molar-refractivity contribution in [2.45, 2.75) is 84.9 Å². The SMILES string of the molecule is C/C=C(/NC(=O)c1csc(-c2csc(-c3ccc4c(n3)-c3csc(n3)C(C(C)O)NC(=O)c3csc(n3)C(C(C)C)NC(=O)c3csc(n3)/C(=C\C)NC(=O)C(C(C)O)NC(=O)c3csc-4n3)n2)n1)C(=O)NCC(C)O. The van der Waals surface area contributed by atoms with E-state index >= 15 is 0 Å². The molecule has 6 amide bonds. The first-order chi connectivity index (χ1) is 36.3. The summed E-state index contributed by atoms with van der Waals surface area (Å²) >= 11 is 6.97. The van der Waals surface area contributed by atoms with Crippen molar-refractivity contribution < 1.29 is 44.1 Å². The largest absolute Gasteiger partial charge is 0.392 e. The molecule has 0 aromatic carbocycles. The molecule has 0 fully saturated rings. The number of aliphatic hydroxyl groups excluding tert-OH is 3. The number of carbonyl (C=O) groups is 6. The monoisotopic (exact) mass is 1140 g/mol. The highest BCUT2D eigenvalue weighted by atomic mass is 32.1. The van der Waals surface area contributed by atoms with Crippen LogP contribution in [0.15, 0.2) is 62.3 Å². The van der Waals surface area contributed by atoms with E-state index in [0.717, 1.165) is 34.0 Å². The van der Waals surface area contributed by atoms with Crippen LogP contribution in [0.3, 0.4) is 0 Å². The Labute approximate surface area is 458 Å². The Morgan fingerprint density at radius 3 is 1.78 bits per heavy atom. The second-order valence-electron chi connectivity index (χ2n) is 17.4. The molecule has 0 radical (unpaired) electrons. The normalized spacial score (nSPS) is 18.5. The molecular weight excluding hydrogens is 1100 g/mol. The number of nitrogens with one attached hydrogen (secondary N) is 6. The smallest absolute Gasteiger partial charge is 0.275 e. The van der Waals surface area contributed by atoms with E-state index in [-0.39, 0.29) is 51.6 Å². The van der Waals surface area contributed by atoms with Crippen molar-refractivity contribution in [3.63, 3.8) is 0 Å². The average molecular weight is 1140 g/mol. The van der Waals surface area contributed by atoms with Crippen LogP contribution in [-0.4, -0.2) is 117 Å². The maximum absolute atomic E-state index is 13.9. The number of thiazole rings is 6. The molecule has 0 saturated heterocycles. The summed E-state index contributed by atoms with van der Waals surface area (Å²) in [4.78, 5) is 114. The second-order valence-corrected chi connectivity index (χ2v) is 22.6. The Hall–Kier alpha value is -6.89. The average Bonchev–Trinajstić information content (AvgIpc) is 4.26. The van der Waals surface area contributed by atoms with Gasteiger partial charge >= 0.3 is 0 Å². The molecule has 6 atom stereocenters. The number of rotatable bonds is 10. The van der Waals surface area contributed by atoms with Crippen LogP contribution < -0.4 is 31.9 Å². The minimum atomic E-state index is -1.45. The number of aliphatic hydroxyl groups is 3. The standard InChI is InChI=1S/C48H49N13O9S6/c1-8-24(37(65)49-12-20(5)62)51-38(66)28-15-73-46(56-28)32-18-74-45(58-32)26-11-10-23-36(50-26)27-13-75-48(53-27)35(22(7)64)61-41(69)31-17-76-47(57-31)33(19(3)4)59-39(67)30-16-72-44(55-30)25(9-2)52-42(70)34(21(6)63)60-40(68)29-14-71-43(23)54-29/h8-11,13-22,33-35,62-64H,12H2,1-7H3,(H,49,65)(H,51,66)(H,52,70)(H,59,67)(H,60,68)(H,61,69)/b24-8+,25-9+. The van der Waals surface area contributed by atoms with Crippen molar-refractivity contribution >= 4 is 109 Å². The van der Waals surface area contributed by atoms with Gasteiger partial charge < -0.3 is 47.2 Å². The number of amides is 6. The predicted octanol–water partition coefficient (Wildman–Crippen LogP) is 5.57. The fourth-order valence-corrected chi connectivity index (χ4v) is 12.4. The van der Waals surface area contributed by atoms with Gasteiger partial charge in [0, 0.05) is 44.4 Å². The number of fused-ring (bicyclic) bond motifs is 11. The maximum Gasteiger partial charge on any atom is 0.275 e. The van der Waals surface area contributed by atoms with E-state index in [4.69, 9.17) is 15.0 Å². The molecule has 9 N–H and O–H groups in total. The van der Waals surface area contributed by atoms with E-state index in [1.807, 2.05) is 13.8 Å². The quantitative estimate of drug-likeness (QED) is 0.0756. The van der Waals surface area contributed by atoms with Crippen molar-refractivity contribution in [1.29, 1.82) is 0 Å². The summed E-state index contributed by atoms with van der Waals surface area (Å²) in [5, 5.41) is 59.6. The molecular formula is C48H49N13O9S6. The number of hydrogen-bond donors (Lipinski definition) is 9. The highest BCUT2D eigenvalue weighted by Crippen LogP contribution is 2.38. The van der Waals surface area contributed by atoms with E-state index in [9.17, 15) is 44.1 Å². The Balaban J connectivity index is 1.15. The molecule has 28 heteroatoms. The molecule has 6 unspecified atom stereocenters. The van der Waals surface area contributed by atoms with Crippen LogP contribution in [0, 0.1) is 5.92 Å². The van der Waals surface area contributed by atoms with Gasteiger partial charge in [-0.15, -0.1) is 68.0 Å². The first kappa shape index (κ1) is 55.3. The summed E-state index contributed by atoms with van der Waals surface area (Å²) in [6.07, 6.45) is -0.261. The maximum atomic E-state index is 13.9. The van der Waals surface area contributed by atoms with Crippen molar-refractivity contribution in [2.75, 3.05) is 6.54 Å². The van der Waals surface area contributed by atoms with Crippen LogP contribution in [0.2, 0.25) is 0 Å². The van der Waals surface area contributed by atoms with Crippen molar-refractivity contribution in [3.05, 3.63) is 100 Å². The minimum Gasteiger partial charge on any atom is -0.392 e. The van der Waals surface area contributed by atoms with Crippen LogP contribution in [-0.2, 0) is 9.59 Å². The number of pyridine rings is 1. The van der Waals surface area contributed by atoms with Gasteiger partial charge in [-0.1, -0.05) is 26.0 Å². The summed E-state index contributed by atoms with van der Waals surface area (Å²) in [6.45, 7) is 11.4.